The number of rotatable bonds is 9. The highest BCUT2D eigenvalue weighted by Crippen LogP contribution is 2.41. The van der Waals surface area contributed by atoms with E-state index in [1.165, 1.54) is 0 Å². The Morgan fingerprint density at radius 2 is 0.972 bits per heavy atom. The Labute approximate surface area is 222 Å². The summed E-state index contributed by atoms with van der Waals surface area (Å²) in [5, 5.41) is 7.88. The van der Waals surface area contributed by atoms with Crippen molar-refractivity contribution >= 4 is 11.8 Å². The van der Waals surface area contributed by atoms with E-state index in [0.29, 0.717) is 24.9 Å². The lowest BCUT2D eigenvalue weighted by molar-refractivity contribution is -0.141. The topological polar surface area (TPSA) is 64.7 Å². The monoisotopic (exact) mass is 506 g/mol. The number of hydrogen-bond acceptors (Lipinski definition) is 4. The van der Waals surface area contributed by atoms with Gasteiger partial charge in [-0.05, 0) is 78.1 Å². The summed E-state index contributed by atoms with van der Waals surface area (Å²) in [6.07, 6.45) is 5.95. The Morgan fingerprint density at radius 1 is 0.667 bits per heavy atom. The molecule has 0 aliphatic carbocycles. The first-order chi connectivity index (χ1) is 16.5. The molecule has 6 heteroatoms. The van der Waals surface area contributed by atoms with Crippen molar-refractivity contribution in [1.29, 1.82) is 0 Å². The average molecular weight is 507 g/mol. The van der Waals surface area contributed by atoms with Gasteiger partial charge >= 0.3 is 0 Å². The van der Waals surface area contributed by atoms with Gasteiger partial charge in [0.05, 0.1) is 0 Å². The maximum Gasteiger partial charge on any atom is 0.219 e. The highest BCUT2D eigenvalue weighted by atomic mass is 16.2. The molecule has 0 aromatic carbocycles. The van der Waals surface area contributed by atoms with E-state index in [-0.39, 0.29) is 46.1 Å². The molecule has 2 aliphatic rings. The number of nitrogens with zero attached hydrogens (tertiary/aromatic N) is 2. The van der Waals surface area contributed by atoms with Crippen molar-refractivity contribution in [1.82, 2.24) is 20.4 Å². The number of carbonyl (C=O) groups excluding carboxylic acids is 2. The Morgan fingerprint density at radius 3 is 1.19 bits per heavy atom. The molecule has 0 radical (unpaired) electrons. The molecule has 2 heterocycles. The maximum absolute atomic E-state index is 13.1. The molecule has 8 unspecified atom stereocenters. The summed E-state index contributed by atoms with van der Waals surface area (Å²) in [7, 11) is 0. The molecule has 8 atom stereocenters. The van der Waals surface area contributed by atoms with Crippen molar-refractivity contribution < 1.29 is 9.59 Å². The minimum Gasteiger partial charge on any atom is -0.338 e. The van der Waals surface area contributed by atoms with E-state index in [2.05, 4.69) is 89.7 Å². The maximum atomic E-state index is 13.1. The van der Waals surface area contributed by atoms with E-state index in [1.54, 1.807) is 13.8 Å². The van der Waals surface area contributed by atoms with Gasteiger partial charge in [-0.2, -0.15) is 0 Å². The molecule has 2 aliphatic heterocycles. The smallest absolute Gasteiger partial charge is 0.219 e. The van der Waals surface area contributed by atoms with Crippen LogP contribution in [0.4, 0.5) is 0 Å². The molecule has 0 aromatic heterocycles. The fourth-order valence-corrected chi connectivity index (χ4v) is 7.21. The van der Waals surface area contributed by atoms with E-state index in [4.69, 9.17) is 0 Å². The summed E-state index contributed by atoms with van der Waals surface area (Å²) in [6, 6.07) is 0.305. The van der Waals surface area contributed by atoms with Crippen LogP contribution in [0.1, 0.15) is 122 Å². The van der Waals surface area contributed by atoms with Crippen LogP contribution in [-0.2, 0) is 9.59 Å². The van der Waals surface area contributed by atoms with Crippen LogP contribution >= 0.6 is 0 Å². The average Bonchev–Trinajstić information content (AvgIpc) is 2.81. The predicted molar refractivity (Wildman–Crippen MR) is 151 cm³/mol. The molecule has 210 valence electrons. The standard InChI is InChI=1S/C30H58N4O2/c1-13-27(9)19-25(21(5)29(11,15-3)31-27)33(23(7)35)17-18-34(24(8)36)26-20-28(10,14-2)32-30(12,16-4)22(26)6/h21-22,25-26,31-32H,13-20H2,1-12H3. The number of hydrogen-bond donors (Lipinski definition) is 2. The van der Waals surface area contributed by atoms with Crippen LogP contribution in [0, 0.1) is 11.8 Å². The third kappa shape index (κ3) is 6.11. The summed E-state index contributed by atoms with van der Waals surface area (Å²) in [5.74, 6) is 0.872. The number of amides is 2. The molecule has 2 fully saturated rings. The van der Waals surface area contributed by atoms with Crippen molar-refractivity contribution in [2.24, 2.45) is 11.8 Å². The van der Waals surface area contributed by atoms with Crippen LogP contribution in [0.2, 0.25) is 0 Å². The predicted octanol–water partition coefficient (Wildman–Crippen LogP) is 5.35. The molecule has 0 saturated carbocycles. The molecule has 2 amide bonds. The zero-order valence-corrected chi connectivity index (χ0v) is 25.7. The van der Waals surface area contributed by atoms with Crippen LogP contribution in [0.5, 0.6) is 0 Å². The van der Waals surface area contributed by atoms with Crippen molar-refractivity contribution in [3.63, 3.8) is 0 Å². The number of carbonyl (C=O) groups is 2. The van der Waals surface area contributed by atoms with Crippen LogP contribution < -0.4 is 10.6 Å². The summed E-state index contributed by atoms with van der Waals surface area (Å²) in [5.41, 5.74) is -0.0786. The van der Waals surface area contributed by atoms with E-state index < -0.39 is 0 Å². The van der Waals surface area contributed by atoms with Gasteiger partial charge in [-0.1, -0.05) is 41.5 Å². The Balaban J connectivity index is 2.36. The molecule has 2 saturated heterocycles. The summed E-state index contributed by atoms with van der Waals surface area (Å²) in [4.78, 5) is 30.4. The first kappa shape index (κ1) is 31.1. The van der Waals surface area contributed by atoms with Gasteiger partial charge in [-0.15, -0.1) is 0 Å². The van der Waals surface area contributed by atoms with E-state index >= 15 is 0 Å². The third-order valence-electron chi connectivity index (χ3n) is 10.9. The lowest BCUT2D eigenvalue weighted by atomic mass is 9.68. The van der Waals surface area contributed by atoms with Gasteiger partial charge < -0.3 is 20.4 Å². The number of piperidine rings is 2. The van der Waals surface area contributed by atoms with Crippen molar-refractivity contribution in [3.8, 4) is 0 Å². The second kappa shape index (κ2) is 11.3. The molecule has 0 aromatic rings. The first-order valence-corrected chi connectivity index (χ1v) is 14.7. The summed E-state index contributed by atoms with van der Waals surface area (Å²) >= 11 is 0. The van der Waals surface area contributed by atoms with E-state index in [1.807, 2.05) is 0 Å². The van der Waals surface area contributed by atoms with Gasteiger partial charge in [-0.3, -0.25) is 9.59 Å². The Bertz CT molecular complexity index is 725. The van der Waals surface area contributed by atoms with Crippen LogP contribution in [0.3, 0.4) is 0 Å². The van der Waals surface area contributed by atoms with Gasteiger partial charge in [0.1, 0.15) is 0 Å². The Kier molecular flexibility index (Phi) is 9.76. The second-order valence-electron chi connectivity index (χ2n) is 13.2. The highest BCUT2D eigenvalue weighted by Gasteiger charge is 2.50. The zero-order chi connectivity index (χ0) is 27.7. The highest BCUT2D eigenvalue weighted by molar-refractivity contribution is 5.75. The minimum absolute atomic E-state index is 0.00860. The molecular formula is C30H58N4O2. The van der Waals surface area contributed by atoms with Gasteiger partial charge in [0.15, 0.2) is 0 Å². The second-order valence-corrected chi connectivity index (χ2v) is 13.2. The quantitative estimate of drug-likeness (QED) is 0.442. The fourth-order valence-electron chi connectivity index (χ4n) is 7.21. The largest absolute Gasteiger partial charge is 0.338 e. The lowest BCUT2D eigenvalue weighted by Crippen LogP contribution is -2.70. The first-order valence-electron chi connectivity index (χ1n) is 14.7. The van der Waals surface area contributed by atoms with Crippen molar-refractivity contribution in [2.75, 3.05) is 13.1 Å². The summed E-state index contributed by atoms with van der Waals surface area (Å²) in [6.45, 7) is 27.4. The molecule has 36 heavy (non-hydrogen) atoms. The van der Waals surface area contributed by atoms with Crippen molar-refractivity contribution in [3.05, 3.63) is 0 Å². The molecule has 0 spiro atoms. The summed E-state index contributed by atoms with van der Waals surface area (Å²) < 4.78 is 0. The van der Waals surface area contributed by atoms with Gasteiger partial charge in [0.25, 0.3) is 0 Å². The molecule has 2 N–H and O–H groups in total. The van der Waals surface area contributed by atoms with Gasteiger partial charge in [0.2, 0.25) is 11.8 Å². The van der Waals surface area contributed by atoms with Crippen LogP contribution in [0.25, 0.3) is 0 Å². The fraction of sp³-hybridized carbons (Fsp3) is 0.933. The zero-order valence-electron chi connectivity index (χ0n) is 25.7. The number of nitrogens with one attached hydrogen (secondary N) is 2. The van der Waals surface area contributed by atoms with E-state index in [0.717, 1.165) is 38.5 Å². The third-order valence-corrected chi connectivity index (χ3v) is 10.9. The molecule has 2 rings (SSSR count). The molecule has 6 nitrogen and oxygen atoms in total. The molecule has 0 bridgehead atoms. The van der Waals surface area contributed by atoms with Crippen LogP contribution in [0.15, 0.2) is 0 Å². The molecular weight excluding hydrogens is 448 g/mol. The van der Waals surface area contributed by atoms with E-state index in [9.17, 15) is 9.59 Å². The van der Waals surface area contributed by atoms with Gasteiger partial charge in [0, 0.05) is 61.2 Å². The van der Waals surface area contributed by atoms with Crippen molar-refractivity contribution in [2.45, 2.75) is 156 Å². The minimum atomic E-state index is -0.0307. The van der Waals surface area contributed by atoms with Gasteiger partial charge in [-0.25, -0.2) is 0 Å². The normalized spacial score (nSPS) is 41.1. The SMILES string of the molecule is CCC1(C)CC(N(CCN(C(C)=O)C2CC(C)(CC)NC(C)(CC)C2C)C(C)=O)C(C)C(C)(CC)N1. The lowest BCUT2D eigenvalue weighted by Gasteiger charge is -2.57. The van der Waals surface area contributed by atoms with Crippen LogP contribution in [-0.4, -0.2) is 68.9 Å². The Hall–Kier alpha value is -1.14.